The largest absolute Gasteiger partial charge is 0.465 e. The van der Waals surface area contributed by atoms with E-state index >= 15 is 0 Å². The summed E-state index contributed by atoms with van der Waals surface area (Å²) in [5.41, 5.74) is 5.11. The molecule has 0 unspecified atom stereocenters. The molecule has 0 saturated heterocycles. The summed E-state index contributed by atoms with van der Waals surface area (Å²) in [5.74, 6) is -0.344. The molecule has 0 radical (unpaired) electrons. The van der Waals surface area contributed by atoms with E-state index in [2.05, 4.69) is 45.9 Å². The zero-order valence-electron chi connectivity index (χ0n) is 18.7. The highest BCUT2D eigenvalue weighted by molar-refractivity contribution is 5.90. The Morgan fingerprint density at radius 3 is 2.00 bits per heavy atom. The molecule has 0 N–H and O–H groups in total. The van der Waals surface area contributed by atoms with Gasteiger partial charge >= 0.3 is 11.9 Å². The fourth-order valence-electron chi connectivity index (χ4n) is 4.06. The Hall–Kier alpha value is -2.88. The maximum Gasteiger partial charge on any atom is 0.337 e. The Morgan fingerprint density at radius 2 is 1.43 bits per heavy atom. The highest BCUT2D eigenvalue weighted by atomic mass is 16.5. The molecule has 0 amide bonds. The van der Waals surface area contributed by atoms with Crippen LogP contribution < -0.4 is 0 Å². The molecule has 0 saturated carbocycles. The van der Waals surface area contributed by atoms with Crippen molar-refractivity contribution in [3.63, 3.8) is 0 Å². The van der Waals surface area contributed by atoms with Gasteiger partial charge in [-0.1, -0.05) is 58.0 Å². The van der Waals surface area contributed by atoms with E-state index < -0.39 is 11.9 Å². The summed E-state index contributed by atoms with van der Waals surface area (Å²) < 4.78 is 10.3. The molecule has 3 rings (SSSR count). The van der Waals surface area contributed by atoms with Crippen molar-refractivity contribution in [3.8, 4) is 0 Å². The molecular weight excluding hydrogens is 376 g/mol. The Bertz CT molecular complexity index is 994. The van der Waals surface area contributed by atoms with E-state index in [1.54, 1.807) is 24.3 Å². The first-order valence-electron chi connectivity index (χ1n) is 10.3. The Labute approximate surface area is 178 Å². The van der Waals surface area contributed by atoms with E-state index in [-0.39, 0.29) is 10.8 Å². The van der Waals surface area contributed by atoms with Crippen molar-refractivity contribution >= 4 is 23.8 Å². The van der Waals surface area contributed by atoms with Crippen LogP contribution in [0.5, 0.6) is 0 Å². The van der Waals surface area contributed by atoms with Gasteiger partial charge in [-0.05, 0) is 58.6 Å². The Balaban J connectivity index is 2.04. The van der Waals surface area contributed by atoms with Crippen molar-refractivity contribution in [1.29, 1.82) is 0 Å². The number of rotatable bonds is 4. The number of hydrogen-bond donors (Lipinski definition) is 0. The van der Waals surface area contributed by atoms with Crippen molar-refractivity contribution in [2.75, 3.05) is 7.11 Å². The second-order valence-corrected chi connectivity index (χ2v) is 9.24. The number of ether oxygens (including phenoxy) is 2. The molecule has 0 spiro atoms. The van der Waals surface area contributed by atoms with Crippen molar-refractivity contribution in [1.82, 2.24) is 0 Å². The average molecular weight is 407 g/mol. The van der Waals surface area contributed by atoms with E-state index in [0.717, 1.165) is 24.0 Å². The van der Waals surface area contributed by atoms with Gasteiger partial charge in [-0.3, -0.25) is 4.79 Å². The second kappa shape index (κ2) is 8.10. The van der Waals surface area contributed by atoms with E-state index in [9.17, 15) is 9.59 Å². The third kappa shape index (κ3) is 4.48. The smallest absolute Gasteiger partial charge is 0.337 e. The molecule has 1 aliphatic carbocycles. The molecule has 2 aromatic rings. The lowest BCUT2D eigenvalue weighted by atomic mass is 9.63. The molecule has 30 heavy (non-hydrogen) atoms. The summed E-state index contributed by atoms with van der Waals surface area (Å²) in [6, 6.07) is 13.3. The van der Waals surface area contributed by atoms with Crippen LogP contribution in [-0.2, 0) is 25.1 Å². The lowest BCUT2D eigenvalue weighted by Gasteiger charge is -2.42. The third-order valence-electron chi connectivity index (χ3n) is 6.02. The number of fused-ring (bicyclic) bond motifs is 1. The third-order valence-corrected chi connectivity index (χ3v) is 6.02. The van der Waals surface area contributed by atoms with Crippen molar-refractivity contribution in [2.45, 2.75) is 58.3 Å². The van der Waals surface area contributed by atoms with E-state index in [4.69, 9.17) is 9.47 Å². The predicted molar refractivity (Wildman–Crippen MR) is 119 cm³/mol. The molecule has 4 heteroatoms. The van der Waals surface area contributed by atoms with Crippen LogP contribution in [0.1, 0.15) is 80.1 Å². The predicted octanol–water partition coefficient (Wildman–Crippen LogP) is 5.88. The first-order chi connectivity index (χ1) is 14.0. The van der Waals surface area contributed by atoms with Crippen LogP contribution in [0.25, 0.3) is 11.8 Å². The zero-order valence-corrected chi connectivity index (χ0v) is 18.7. The molecule has 158 valence electrons. The fraction of sp³-hybridized carbons (Fsp3) is 0.385. The topological polar surface area (TPSA) is 52.6 Å². The number of hydrogen-bond acceptors (Lipinski definition) is 4. The van der Waals surface area contributed by atoms with E-state index in [1.807, 2.05) is 6.08 Å². The van der Waals surface area contributed by atoms with Gasteiger partial charge in [0, 0.05) is 12.5 Å². The van der Waals surface area contributed by atoms with Gasteiger partial charge in [0.05, 0.1) is 12.7 Å². The summed E-state index contributed by atoms with van der Waals surface area (Å²) in [7, 11) is 1.35. The number of carbonyl (C=O) groups is 2. The van der Waals surface area contributed by atoms with Crippen LogP contribution in [0.15, 0.2) is 42.5 Å². The van der Waals surface area contributed by atoms with Gasteiger partial charge in [0.2, 0.25) is 0 Å². The zero-order chi connectivity index (χ0) is 22.1. The first kappa shape index (κ1) is 21.8. The second-order valence-electron chi connectivity index (χ2n) is 9.24. The quantitative estimate of drug-likeness (QED) is 0.361. The number of methoxy groups -OCH3 is 1. The van der Waals surface area contributed by atoms with Gasteiger partial charge in [-0.15, -0.1) is 0 Å². The van der Waals surface area contributed by atoms with Gasteiger partial charge in [0.15, 0.2) is 0 Å². The lowest BCUT2D eigenvalue weighted by molar-refractivity contribution is -0.134. The van der Waals surface area contributed by atoms with Crippen LogP contribution in [0.2, 0.25) is 0 Å². The minimum absolute atomic E-state index is 0.0957. The molecule has 0 bridgehead atoms. The highest BCUT2D eigenvalue weighted by Crippen LogP contribution is 2.46. The SMILES string of the molecule is COC(=O)c1ccc(/C(=C/c2ccc3c(c2)C(C)(C)CCC3(C)C)OC(C)=O)cc1. The standard InChI is InChI=1S/C26H30O4/c1-17(27)30-23(19-8-10-20(11-9-19)24(28)29-6)16-18-7-12-21-22(15-18)26(4,5)14-13-25(21,2)3/h7-12,15-16H,13-14H2,1-6H3/b23-16-. The van der Waals surface area contributed by atoms with Crippen LogP contribution in [0, 0.1) is 0 Å². The fourth-order valence-corrected chi connectivity index (χ4v) is 4.06. The molecule has 4 nitrogen and oxygen atoms in total. The first-order valence-corrected chi connectivity index (χ1v) is 10.3. The monoisotopic (exact) mass is 406 g/mol. The van der Waals surface area contributed by atoms with Gasteiger partial charge in [0.1, 0.15) is 5.76 Å². The summed E-state index contributed by atoms with van der Waals surface area (Å²) in [6.07, 6.45) is 4.17. The van der Waals surface area contributed by atoms with Crippen LogP contribution in [-0.4, -0.2) is 19.0 Å². The van der Waals surface area contributed by atoms with Crippen molar-refractivity contribution in [3.05, 3.63) is 70.3 Å². The van der Waals surface area contributed by atoms with E-state index in [0.29, 0.717) is 11.3 Å². The molecule has 1 aliphatic rings. The molecule has 0 heterocycles. The van der Waals surface area contributed by atoms with E-state index in [1.165, 1.54) is 25.2 Å². The summed E-state index contributed by atoms with van der Waals surface area (Å²) in [6.45, 7) is 10.5. The molecule has 0 aromatic heterocycles. The minimum atomic E-state index is -0.404. The van der Waals surface area contributed by atoms with Crippen molar-refractivity contribution < 1.29 is 19.1 Å². The number of benzene rings is 2. The molecule has 2 aromatic carbocycles. The summed E-state index contributed by atoms with van der Waals surface area (Å²) >= 11 is 0. The number of esters is 2. The van der Waals surface area contributed by atoms with Gasteiger partial charge in [0.25, 0.3) is 0 Å². The van der Waals surface area contributed by atoms with Gasteiger partial charge in [-0.2, -0.15) is 0 Å². The Morgan fingerprint density at radius 1 is 0.867 bits per heavy atom. The normalized spacial score (nSPS) is 17.1. The summed E-state index contributed by atoms with van der Waals surface area (Å²) in [5, 5.41) is 0. The van der Waals surface area contributed by atoms with Gasteiger partial charge in [-0.25, -0.2) is 4.79 Å². The van der Waals surface area contributed by atoms with Gasteiger partial charge < -0.3 is 9.47 Å². The molecule has 0 aliphatic heterocycles. The van der Waals surface area contributed by atoms with Crippen LogP contribution in [0.3, 0.4) is 0 Å². The maximum absolute atomic E-state index is 11.7. The Kier molecular flexibility index (Phi) is 5.89. The van der Waals surface area contributed by atoms with Crippen LogP contribution >= 0.6 is 0 Å². The summed E-state index contributed by atoms with van der Waals surface area (Å²) in [4.78, 5) is 23.4. The molecule has 0 atom stereocenters. The minimum Gasteiger partial charge on any atom is -0.465 e. The van der Waals surface area contributed by atoms with Crippen molar-refractivity contribution in [2.24, 2.45) is 0 Å². The average Bonchev–Trinajstić information content (AvgIpc) is 2.70. The maximum atomic E-state index is 11.7. The number of carbonyl (C=O) groups excluding carboxylic acids is 2. The molecule has 0 fully saturated rings. The van der Waals surface area contributed by atoms with Crippen LogP contribution in [0.4, 0.5) is 0 Å². The highest BCUT2D eigenvalue weighted by Gasteiger charge is 2.36. The molecular formula is C26H30O4. The lowest BCUT2D eigenvalue weighted by Crippen LogP contribution is -2.33.